The molecule has 4 heterocycles. The Morgan fingerprint density at radius 1 is 1.22 bits per heavy atom. The van der Waals surface area contributed by atoms with Crippen molar-refractivity contribution >= 4 is 28.4 Å². The number of carbonyl (C=O) groups excluding carboxylic acids is 2. The van der Waals surface area contributed by atoms with E-state index in [2.05, 4.69) is 10.2 Å². The standard InChI is InChI=1S/C19H20N6O2/c1-22-16-6-3-2-5-15(16)18(21-22)19(27)23-10-14(11-23)25-12-13(9-20-25)24-8-4-7-17(24)26/h2-3,5-6,9,12,14H,4,7-8,10-11H2,1H3. The van der Waals surface area contributed by atoms with E-state index in [9.17, 15) is 9.59 Å². The predicted molar refractivity (Wildman–Crippen MR) is 99.5 cm³/mol. The van der Waals surface area contributed by atoms with Crippen LogP contribution in [0.2, 0.25) is 0 Å². The summed E-state index contributed by atoms with van der Waals surface area (Å²) in [5.41, 5.74) is 2.29. The maximum absolute atomic E-state index is 12.9. The highest BCUT2D eigenvalue weighted by molar-refractivity contribution is 6.05. The lowest BCUT2D eigenvalue weighted by Gasteiger charge is -2.38. The average molecular weight is 364 g/mol. The van der Waals surface area contributed by atoms with E-state index < -0.39 is 0 Å². The van der Waals surface area contributed by atoms with Crippen LogP contribution in [0.3, 0.4) is 0 Å². The third-order valence-corrected chi connectivity index (χ3v) is 5.46. The van der Waals surface area contributed by atoms with Gasteiger partial charge in [-0.05, 0) is 12.5 Å². The van der Waals surface area contributed by atoms with Crippen molar-refractivity contribution in [3.63, 3.8) is 0 Å². The van der Waals surface area contributed by atoms with E-state index in [4.69, 9.17) is 0 Å². The van der Waals surface area contributed by atoms with Gasteiger partial charge in [0.05, 0.1) is 23.4 Å². The second-order valence-corrected chi connectivity index (χ2v) is 7.18. The summed E-state index contributed by atoms with van der Waals surface area (Å²) in [6.07, 6.45) is 5.15. The largest absolute Gasteiger partial charge is 0.333 e. The van der Waals surface area contributed by atoms with Crippen molar-refractivity contribution in [3.05, 3.63) is 42.4 Å². The first kappa shape index (κ1) is 16.0. The molecule has 0 aliphatic carbocycles. The van der Waals surface area contributed by atoms with Gasteiger partial charge in [0.15, 0.2) is 5.69 Å². The highest BCUT2D eigenvalue weighted by Gasteiger charge is 2.35. The summed E-state index contributed by atoms with van der Waals surface area (Å²) >= 11 is 0. The Kier molecular flexibility index (Phi) is 3.53. The molecule has 2 saturated heterocycles. The van der Waals surface area contributed by atoms with E-state index in [0.29, 0.717) is 25.2 Å². The van der Waals surface area contributed by atoms with E-state index in [1.54, 1.807) is 20.7 Å². The molecule has 0 unspecified atom stereocenters. The van der Waals surface area contributed by atoms with Crippen LogP contribution in [-0.4, -0.2) is 55.9 Å². The van der Waals surface area contributed by atoms with Crippen LogP contribution in [0, 0.1) is 0 Å². The number of aromatic nitrogens is 4. The van der Waals surface area contributed by atoms with E-state index in [-0.39, 0.29) is 17.9 Å². The molecule has 1 aromatic carbocycles. The predicted octanol–water partition coefficient (Wildman–Crippen LogP) is 1.59. The minimum absolute atomic E-state index is 0.0508. The van der Waals surface area contributed by atoms with Crippen LogP contribution in [-0.2, 0) is 11.8 Å². The number of aryl methyl sites for hydroxylation is 1. The Bertz CT molecular complexity index is 1050. The number of benzene rings is 1. The van der Waals surface area contributed by atoms with Crippen molar-refractivity contribution in [2.75, 3.05) is 24.5 Å². The number of hydrogen-bond acceptors (Lipinski definition) is 4. The molecular weight excluding hydrogens is 344 g/mol. The fraction of sp³-hybridized carbons (Fsp3) is 0.368. The number of likely N-dealkylation sites (tertiary alicyclic amines) is 1. The van der Waals surface area contributed by atoms with Crippen molar-refractivity contribution in [3.8, 4) is 0 Å². The molecule has 0 bridgehead atoms. The maximum atomic E-state index is 12.9. The number of para-hydroxylation sites is 1. The molecular formula is C19H20N6O2. The Morgan fingerprint density at radius 3 is 2.81 bits per heavy atom. The van der Waals surface area contributed by atoms with Gasteiger partial charge in [-0.1, -0.05) is 18.2 Å². The lowest BCUT2D eigenvalue weighted by Crippen LogP contribution is -2.51. The van der Waals surface area contributed by atoms with Crippen molar-refractivity contribution in [1.82, 2.24) is 24.5 Å². The first-order valence-corrected chi connectivity index (χ1v) is 9.17. The second-order valence-electron chi connectivity index (χ2n) is 7.18. The van der Waals surface area contributed by atoms with Gasteiger partial charge in [0.25, 0.3) is 5.91 Å². The summed E-state index contributed by atoms with van der Waals surface area (Å²) in [6, 6.07) is 7.89. The number of fused-ring (bicyclic) bond motifs is 1. The Balaban J connectivity index is 1.30. The molecule has 138 valence electrons. The third-order valence-electron chi connectivity index (χ3n) is 5.46. The normalized spacial score (nSPS) is 17.7. The van der Waals surface area contributed by atoms with E-state index in [1.807, 2.05) is 42.2 Å². The number of anilines is 1. The van der Waals surface area contributed by atoms with E-state index >= 15 is 0 Å². The topological polar surface area (TPSA) is 76.3 Å². The molecule has 2 aromatic heterocycles. The minimum Gasteiger partial charge on any atom is -0.333 e. The number of rotatable bonds is 3. The maximum Gasteiger partial charge on any atom is 0.275 e. The van der Waals surface area contributed by atoms with Gasteiger partial charge in [-0.2, -0.15) is 10.2 Å². The van der Waals surface area contributed by atoms with E-state index in [1.165, 1.54) is 0 Å². The van der Waals surface area contributed by atoms with Crippen LogP contribution in [0.4, 0.5) is 5.69 Å². The Labute approximate surface area is 156 Å². The van der Waals surface area contributed by atoms with Gasteiger partial charge in [0.2, 0.25) is 5.91 Å². The minimum atomic E-state index is -0.0508. The van der Waals surface area contributed by atoms with Gasteiger partial charge in [-0.25, -0.2) is 0 Å². The fourth-order valence-electron chi connectivity index (χ4n) is 3.90. The molecule has 3 aromatic rings. The van der Waals surface area contributed by atoms with Crippen LogP contribution < -0.4 is 4.90 Å². The van der Waals surface area contributed by atoms with Gasteiger partial charge in [-0.15, -0.1) is 0 Å². The molecule has 0 spiro atoms. The van der Waals surface area contributed by atoms with Gasteiger partial charge in [0.1, 0.15) is 0 Å². The number of hydrogen-bond donors (Lipinski definition) is 0. The molecule has 0 atom stereocenters. The lowest BCUT2D eigenvalue weighted by atomic mass is 10.1. The Hall–Kier alpha value is -3.16. The molecule has 0 saturated carbocycles. The monoisotopic (exact) mass is 364 g/mol. The highest BCUT2D eigenvalue weighted by atomic mass is 16.2. The van der Waals surface area contributed by atoms with Crippen LogP contribution in [0.15, 0.2) is 36.7 Å². The summed E-state index contributed by atoms with van der Waals surface area (Å²) in [4.78, 5) is 28.3. The molecule has 2 aliphatic heterocycles. The van der Waals surface area contributed by atoms with Crippen molar-refractivity contribution in [1.29, 1.82) is 0 Å². The molecule has 2 aliphatic rings. The Morgan fingerprint density at radius 2 is 2.04 bits per heavy atom. The molecule has 27 heavy (non-hydrogen) atoms. The van der Waals surface area contributed by atoms with Crippen molar-refractivity contribution in [2.24, 2.45) is 7.05 Å². The summed E-state index contributed by atoms with van der Waals surface area (Å²) in [6.45, 7) is 1.95. The second kappa shape index (κ2) is 5.94. The summed E-state index contributed by atoms with van der Waals surface area (Å²) < 4.78 is 3.61. The zero-order valence-electron chi connectivity index (χ0n) is 15.1. The van der Waals surface area contributed by atoms with Gasteiger partial charge in [-0.3, -0.25) is 19.0 Å². The van der Waals surface area contributed by atoms with E-state index in [0.717, 1.165) is 29.6 Å². The van der Waals surface area contributed by atoms with Gasteiger partial charge >= 0.3 is 0 Å². The number of carbonyl (C=O) groups is 2. The van der Waals surface area contributed by atoms with Crippen molar-refractivity contribution in [2.45, 2.75) is 18.9 Å². The van der Waals surface area contributed by atoms with Gasteiger partial charge in [0, 0.05) is 44.7 Å². The molecule has 2 fully saturated rings. The average Bonchev–Trinajstić information content (AvgIpc) is 3.33. The molecule has 0 N–H and O–H groups in total. The first-order valence-electron chi connectivity index (χ1n) is 9.17. The van der Waals surface area contributed by atoms with Crippen LogP contribution in [0.1, 0.15) is 29.4 Å². The number of nitrogens with zero attached hydrogens (tertiary/aromatic N) is 6. The quantitative estimate of drug-likeness (QED) is 0.707. The zero-order chi connectivity index (χ0) is 18.5. The summed E-state index contributed by atoms with van der Waals surface area (Å²) in [7, 11) is 1.85. The molecule has 5 rings (SSSR count). The van der Waals surface area contributed by atoms with Crippen LogP contribution >= 0.6 is 0 Å². The smallest absolute Gasteiger partial charge is 0.275 e. The zero-order valence-corrected chi connectivity index (χ0v) is 15.1. The molecule has 8 nitrogen and oxygen atoms in total. The van der Waals surface area contributed by atoms with Gasteiger partial charge < -0.3 is 9.80 Å². The first-order chi connectivity index (χ1) is 13.1. The molecule has 0 radical (unpaired) electrons. The van der Waals surface area contributed by atoms with Crippen molar-refractivity contribution < 1.29 is 9.59 Å². The number of amides is 2. The lowest BCUT2D eigenvalue weighted by molar-refractivity contribution is -0.117. The molecule has 2 amide bonds. The highest BCUT2D eigenvalue weighted by Crippen LogP contribution is 2.28. The van der Waals surface area contributed by atoms with Crippen LogP contribution in [0.25, 0.3) is 10.9 Å². The summed E-state index contributed by atoms with van der Waals surface area (Å²) in [5, 5.41) is 9.69. The molecule has 8 heteroatoms. The summed E-state index contributed by atoms with van der Waals surface area (Å²) in [5.74, 6) is 0.104. The van der Waals surface area contributed by atoms with Crippen LogP contribution in [0.5, 0.6) is 0 Å². The fourth-order valence-corrected chi connectivity index (χ4v) is 3.90. The third kappa shape index (κ3) is 2.51. The SMILES string of the molecule is Cn1nc(C(=O)N2CC(n3cc(N4CCCC4=O)cn3)C2)c2ccccc21.